The maximum atomic E-state index is 12.7. The van der Waals surface area contributed by atoms with E-state index >= 15 is 0 Å². The number of aryl methyl sites for hydroxylation is 2. The van der Waals surface area contributed by atoms with Crippen LogP contribution in [-0.2, 0) is 16.1 Å². The van der Waals surface area contributed by atoms with E-state index in [1.165, 1.54) is 0 Å². The summed E-state index contributed by atoms with van der Waals surface area (Å²) in [5.74, 6) is 0.600. The molecule has 2 amide bonds. The predicted octanol–water partition coefficient (Wildman–Crippen LogP) is 2.32. The first-order valence-electron chi connectivity index (χ1n) is 11.2. The fraction of sp³-hybridized carbons (Fsp3) is 0.636. The summed E-state index contributed by atoms with van der Waals surface area (Å²) in [4.78, 5) is 27.3. The third-order valence-corrected chi connectivity index (χ3v) is 6.15. The average molecular weight is 430 g/mol. The summed E-state index contributed by atoms with van der Waals surface area (Å²) in [6.45, 7) is 8.92. The van der Waals surface area contributed by atoms with Crippen LogP contribution in [0.1, 0.15) is 54.5 Å². The van der Waals surface area contributed by atoms with Gasteiger partial charge in [-0.3, -0.25) is 14.3 Å². The molecule has 1 aliphatic carbocycles. The summed E-state index contributed by atoms with van der Waals surface area (Å²) in [5.41, 5.74) is 2.92. The second kappa shape index (κ2) is 9.21. The van der Waals surface area contributed by atoms with E-state index in [-0.39, 0.29) is 29.5 Å². The highest BCUT2D eigenvalue weighted by Gasteiger charge is 2.36. The molecular weight excluding hydrogens is 398 g/mol. The molecule has 9 nitrogen and oxygen atoms in total. The van der Waals surface area contributed by atoms with Crippen LogP contribution < -0.4 is 5.32 Å². The highest BCUT2D eigenvalue weighted by molar-refractivity contribution is 5.93. The molecule has 0 atom stereocenters. The standard InChI is InChI=1S/C22H31N5O4/c1-4-27-15(3)20(14(2)24-27)19-13-18(25-31-19)21(28)23-9-10-26(22(29)16-5-6-16)17-7-11-30-12-8-17/h13,16-17H,4-12H2,1-3H3,(H,23,28). The lowest BCUT2D eigenvalue weighted by Gasteiger charge is -2.34. The van der Waals surface area contributed by atoms with Crippen LogP contribution in [0.4, 0.5) is 0 Å². The zero-order valence-corrected chi connectivity index (χ0v) is 18.5. The average Bonchev–Trinajstić information content (AvgIpc) is 3.45. The van der Waals surface area contributed by atoms with Gasteiger partial charge in [0, 0.05) is 56.6 Å². The minimum Gasteiger partial charge on any atom is -0.381 e. The molecule has 3 heterocycles. The van der Waals surface area contributed by atoms with Crippen molar-refractivity contribution < 1.29 is 18.8 Å². The Morgan fingerprint density at radius 3 is 2.61 bits per heavy atom. The number of aromatic nitrogens is 3. The second-order valence-electron chi connectivity index (χ2n) is 8.34. The minimum atomic E-state index is -0.306. The largest absolute Gasteiger partial charge is 0.381 e. The van der Waals surface area contributed by atoms with E-state index in [0.29, 0.717) is 32.1 Å². The van der Waals surface area contributed by atoms with Crippen molar-refractivity contribution in [3.8, 4) is 11.3 Å². The molecule has 2 aromatic rings. The van der Waals surface area contributed by atoms with Gasteiger partial charge in [0.1, 0.15) is 0 Å². The van der Waals surface area contributed by atoms with Crippen LogP contribution in [0.3, 0.4) is 0 Å². The summed E-state index contributed by atoms with van der Waals surface area (Å²) < 4.78 is 12.8. The first kappa shape index (κ1) is 21.5. The molecule has 31 heavy (non-hydrogen) atoms. The van der Waals surface area contributed by atoms with Crippen LogP contribution in [-0.4, -0.2) is 64.0 Å². The monoisotopic (exact) mass is 429 g/mol. The van der Waals surface area contributed by atoms with E-state index in [2.05, 4.69) is 15.6 Å². The molecule has 1 saturated carbocycles. The van der Waals surface area contributed by atoms with E-state index in [4.69, 9.17) is 9.26 Å². The van der Waals surface area contributed by atoms with Crippen molar-refractivity contribution in [1.82, 2.24) is 25.2 Å². The van der Waals surface area contributed by atoms with Gasteiger partial charge >= 0.3 is 0 Å². The third-order valence-electron chi connectivity index (χ3n) is 6.15. The molecule has 1 N–H and O–H groups in total. The molecule has 1 aliphatic heterocycles. The van der Waals surface area contributed by atoms with Gasteiger partial charge in [-0.25, -0.2) is 0 Å². The summed E-state index contributed by atoms with van der Waals surface area (Å²) in [6.07, 6.45) is 3.65. The molecule has 2 fully saturated rings. The van der Waals surface area contributed by atoms with Gasteiger partial charge in [0.05, 0.1) is 11.3 Å². The number of hydrogen-bond donors (Lipinski definition) is 1. The lowest BCUT2D eigenvalue weighted by atomic mass is 10.1. The van der Waals surface area contributed by atoms with Gasteiger partial charge in [0.2, 0.25) is 5.91 Å². The molecule has 0 bridgehead atoms. The lowest BCUT2D eigenvalue weighted by Crippen LogP contribution is -2.47. The Morgan fingerprint density at radius 2 is 1.97 bits per heavy atom. The SMILES string of the molecule is CCn1nc(C)c(-c2cc(C(=O)NCCN(C(=O)C3CC3)C3CCOCC3)no2)c1C. The quantitative estimate of drug-likeness (QED) is 0.691. The molecule has 168 valence electrons. The zero-order chi connectivity index (χ0) is 22.0. The number of amides is 2. The minimum absolute atomic E-state index is 0.159. The lowest BCUT2D eigenvalue weighted by molar-refractivity contribution is -0.136. The number of carbonyl (C=O) groups is 2. The number of hydrogen-bond acceptors (Lipinski definition) is 6. The molecule has 0 aromatic carbocycles. The fourth-order valence-electron chi connectivity index (χ4n) is 4.28. The van der Waals surface area contributed by atoms with E-state index in [0.717, 1.165) is 49.2 Å². The normalized spacial score (nSPS) is 17.0. The smallest absolute Gasteiger partial charge is 0.273 e. The maximum absolute atomic E-state index is 12.7. The Morgan fingerprint density at radius 1 is 1.23 bits per heavy atom. The molecule has 9 heteroatoms. The molecule has 2 aromatic heterocycles. The zero-order valence-electron chi connectivity index (χ0n) is 18.5. The third kappa shape index (κ3) is 4.66. The van der Waals surface area contributed by atoms with Crippen LogP contribution in [0.25, 0.3) is 11.3 Å². The topological polar surface area (TPSA) is 102 Å². The van der Waals surface area contributed by atoms with Crippen LogP contribution in [0.15, 0.2) is 10.6 Å². The van der Waals surface area contributed by atoms with Crippen LogP contribution in [0.5, 0.6) is 0 Å². The Kier molecular flexibility index (Phi) is 6.41. The molecule has 0 radical (unpaired) electrons. The summed E-state index contributed by atoms with van der Waals surface area (Å²) in [7, 11) is 0. The van der Waals surface area contributed by atoms with E-state index in [9.17, 15) is 9.59 Å². The van der Waals surface area contributed by atoms with Crippen molar-refractivity contribution in [2.24, 2.45) is 5.92 Å². The predicted molar refractivity (Wildman–Crippen MR) is 113 cm³/mol. The van der Waals surface area contributed by atoms with Gasteiger partial charge in [0.25, 0.3) is 5.91 Å². The van der Waals surface area contributed by atoms with E-state index < -0.39 is 0 Å². The van der Waals surface area contributed by atoms with Crippen molar-refractivity contribution in [2.45, 2.75) is 59.0 Å². The number of ether oxygens (including phenoxy) is 1. The first-order valence-corrected chi connectivity index (χ1v) is 11.2. The molecule has 2 aliphatic rings. The molecule has 0 unspecified atom stereocenters. The Hall–Kier alpha value is -2.68. The molecule has 1 saturated heterocycles. The Bertz CT molecular complexity index is 940. The molecule has 0 spiro atoms. The number of nitrogens with zero attached hydrogens (tertiary/aromatic N) is 4. The van der Waals surface area contributed by atoms with Crippen LogP contribution in [0.2, 0.25) is 0 Å². The highest BCUT2D eigenvalue weighted by atomic mass is 16.5. The summed E-state index contributed by atoms with van der Waals surface area (Å²) >= 11 is 0. The van der Waals surface area contributed by atoms with Crippen LogP contribution in [0, 0.1) is 19.8 Å². The van der Waals surface area contributed by atoms with Crippen molar-refractivity contribution in [3.05, 3.63) is 23.1 Å². The first-order chi connectivity index (χ1) is 15.0. The fourth-order valence-corrected chi connectivity index (χ4v) is 4.28. The molecule has 4 rings (SSSR count). The van der Waals surface area contributed by atoms with E-state index in [1.807, 2.05) is 30.4 Å². The number of rotatable bonds is 8. The van der Waals surface area contributed by atoms with Crippen molar-refractivity contribution in [3.63, 3.8) is 0 Å². The molecular formula is C22H31N5O4. The van der Waals surface area contributed by atoms with Crippen LogP contribution >= 0.6 is 0 Å². The van der Waals surface area contributed by atoms with Crippen molar-refractivity contribution in [2.75, 3.05) is 26.3 Å². The van der Waals surface area contributed by atoms with Gasteiger partial charge in [-0.05, 0) is 46.5 Å². The van der Waals surface area contributed by atoms with Gasteiger partial charge in [-0.1, -0.05) is 5.16 Å². The van der Waals surface area contributed by atoms with E-state index in [1.54, 1.807) is 6.07 Å². The van der Waals surface area contributed by atoms with Gasteiger partial charge < -0.3 is 19.5 Å². The summed E-state index contributed by atoms with van der Waals surface area (Å²) in [6, 6.07) is 1.84. The Labute approximate surface area is 182 Å². The van der Waals surface area contributed by atoms with Gasteiger partial charge in [0.15, 0.2) is 11.5 Å². The second-order valence-corrected chi connectivity index (χ2v) is 8.34. The number of carbonyl (C=O) groups excluding carboxylic acids is 2. The van der Waals surface area contributed by atoms with Gasteiger partial charge in [-0.2, -0.15) is 5.10 Å². The van der Waals surface area contributed by atoms with Crippen molar-refractivity contribution >= 4 is 11.8 Å². The van der Waals surface area contributed by atoms with Gasteiger partial charge in [-0.15, -0.1) is 0 Å². The number of nitrogens with one attached hydrogen (secondary N) is 1. The maximum Gasteiger partial charge on any atom is 0.273 e. The Balaban J connectivity index is 1.37. The highest BCUT2D eigenvalue weighted by Crippen LogP contribution is 2.32. The summed E-state index contributed by atoms with van der Waals surface area (Å²) in [5, 5.41) is 11.3. The van der Waals surface area contributed by atoms with Crippen molar-refractivity contribution in [1.29, 1.82) is 0 Å².